The van der Waals surface area contributed by atoms with Gasteiger partial charge in [0.05, 0.1) is 29.7 Å². The van der Waals surface area contributed by atoms with Gasteiger partial charge in [0.1, 0.15) is 12.4 Å². The Kier molecular flexibility index (Phi) is 4.49. The zero-order valence-corrected chi connectivity index (χ0v) is 11.9. The van der Waals surface area contributed by atoms with E-state index in [-0.39, 0.29) is 17.4 Å². The normalized spacial score (nSPS) is 20.5. The Bertz CT molecular complexity index is 586. The van der Waals surface area contributed by atoms with Crippen LogP contribution in [0.1, 0.15) is 6.42 Å². The molecule has 1 saturated heterocycles. The molecule has 1 unspecified atom stereocenters. The molecule has 0 saturated carbocycles. The lowest BCUT2D eigenvalue weighted by Crippen LogP contribution is -2.34. The third-order valence-corrected chi connectivity index (χ3v) is 4.95. The van der Waals surface area contributed by atoms with E-state index in [4.69, 9.17) is 10.5 Å². The first-order valence-electron chi connectivity index (χ1n) is 6.43. The lowest BCUT2D eigenvalue weighted by atomic mass is 10.1. The minimum Gasteiger partial charge on any atom is -0.490 e. The number of hydrogen-bond acceptors (Lipinski definition) is 5. The average molecular weight is 298 g/mol. The maximum atomic E-state index is 11.8. The van der Waals surface area contributed by atoms with Crippen molar-refractivity contribution in [3.8, 4) is 5.75 Å². The van der Waals surface area contributed by atoms with Gasteiger partial charge in [-0.15, -0.1) is 0 Å². The number of carbonyl (C=O) groups is 1. The van der Waals surface area contributed by atoms with E-state index in [0.29, 0.717) is 31.0 Å². The molecule has 1 heterocycles. The predicted molar refractivity (Wildman–Crippen MR) is 76.1 cm³/mol. The molecule has 2 rings (SSSR count). The molecule has 0 spiro atoms. The van der Waals surface area contributed by atoms with Crippen LogP contribution in [0.4, 0.5) is 5.69 Å². The van der Waals surface area contributed by atoms with E-state index < -0.39 is 15.8 Å². The van der Waals surface area contributed by atoms with Crippen molar-refractivity contribution in [1.29, 1.82) is 0 Å². The first-order valence-corrected chi connectivity index (χ1v) is 8.25. The molecule has 20 heavy (non-hydrogen) atoms. The number of amides is 1. The van der Waals surface area contributed by atoms with E-state index in [9.17, 15) is 13.2 Å². The Morgan fingerprint density at radius 3 is 2.80 bits per heavy atom. The van der Waals surface area contributed by atoms with Crippen molar-refractivity contribution in [3.63, 3.8) is 0 Å². The molecule has 1 aromatic rings. The van der Waals surface area contributed by atoms with Crippen molar-refractivity contribution in [3.05, 3.63) is 24.3 Å². The van der Waals surface area contributed by atoms with Gasteiger partial charge in [-0.1, -0.05) is 12.1 Å². The summed E-state index contributed by atoms with van der Waals surface area (Å²) in [7, 11) is -3.03. The fourth-order valence-electron chi connectivity index (χ4n) is 2.09. The van der Waals surface area contributed by atoms with Crippen LogP contribution in [-0.4, -0.2) is 39.0 Å². The Hall–Kier alpha value is -1.76. The van der Waals surface area contributed by atoms with Gasteiger partial charge in [-0.05, 0) is 18.6 Å². The number of nitrogens with one attached hydrogen (secondary N) is 1. The van der Waals surface area contributed by atoms with E-state index in [1.165, 1.54) is 0 Å². The van der Waals surface area contributed by atoms with Crippen molar-refractivity contribution in [2.75, 3.05) is 30.4 Å². The summed E-state index contributed by atoms with van der Waals surface area (Å²) in [4.78, 5) is 11.8. The Morgan fingerprint density at radius 1 is 1.40 bits per heavy atom. The second kappa shape index (κ2) is 6.13. The van der Waals surface area contributed by atoms with Crippen molar-refractivity contribution < 1.29 is 17.9 Å². The fraction of sp³-hybridized carbons (Fsp3) is 0.462. The number of hydrogen-bond donors (Lipinski definition) is 2. The summed E-state index contributed by atoms with van der Waals surface area (Å²) in [6, 6.07) is 7.11. The zero-order valence-electron chi connectivity index (χ0n) is 11.0. The number of nitrogen functional groups attached to an aromatic ring is 1. The standard InChI is InChI=1S/C13H18N2O4S/c14-11-3-1-2-4-12(11)19-7-6-15-13(16)10-5-8-20(17,18)9-10/h1-4,10H,5-9,14H2,(H,15,16). The summed E-state index contributed by atoms with van der Waals surface area (Å²) in [6.45, 7) is 0.614. The molecule has 0 bridgehead atoms. The van der Waals surface area contributed by atoms with Crippen molar-refractivity contribution >= 4 is 21.4 Å². The summed E-state index contributed by atoms with van der Waals surface area (Å²) in [5, 5.41) is 2.68. The van der Waals surface area contributed by atoms with Crippen LogP contribution in [0.2, 0.25) is 0 Å². The monoisotopic (exact) mass is 298 g/mol. The van der Waals surface area contributed by atoms with Crippen molar-refractivity contribution in [1.82, 2.24) is 5.32 Å². The molecule has 110 valence electrons. The van der Waals surface area contributed by atoms with Crippen LogP contribution in [0.5, 0.6) is 5.75 Å². The van der Waals surface area contributed by atoms with Crippen LogP contribution < -0.4 is 15.8 Å². The van der Waals surface area contributed by atoms with Gasteiger partial charge in [-0.2, -0.15) is 0 Å². The van der Waals surface area contributed by atoms with Crippen LogP contribution in [0.15, 0.2) is 24.3 Å². The highest BCUT2D eigenvalue weighted by Crippen LogP contribution is 2.20. The second-order valence-corrected chi connectivity index (χ2v) is 7.01. The molecule has 1 atom stereocenters. The number of carbonyl (C=O) groups excluding carboxylic acids is 1. The molecule has 3 N–H and O–H groups in total. The molecule has 7 heteroatoms. The van der Waals surface area contributed by atoms with Crippen LogP contribution >= 0.6 is 0 Å². The molecule has 1 aliphatic rings. The number of benzene rings is 1. The van der Waals surface area contributed by atoms with Gasteiger partial charge >= 0.3 is 0 Å². The Morgan fingerprint density at radius 2 is 2.15 bits per heavy atom. The minimum absolute atomic E-state index is 0.0503. The van der Waals surface area contributed by atoms with Gasteiger partial charge in [0.2, 0.25) is 5.91 Å². The lowest BCUT2D eigenvalue weighted by molar-refractivity contribution is -0.124. The maximum absolute atomic E-state index is 11.8. The third-order valence-electron chi connectivity index (χ3n) is 3.18. The third kappa shape index (κ3) is 3.86. The number of para-hydroxylation sites is 2. The molecule has 1 aliphatic heterocycles. The largest absolute Gasteiger partial charge is 0.490 e. The van der Waals surface area contributed by atoms with Gasteiger partial charge in [0.15, 0.2) is 9.84 Å². The number of nitrogens with two attached hydrogens (primary N) is 1. The van der Waals surface area contributed by atoms with E-state index in [2.05, 4.69) is 5.32 Å². The quantitative estimate of drug-likeness (QED) is 0.597. The van der Waals surface area contributed by atoms with Gasteiger partial charge in [0, 0.05) is 0 Å². The van der Waals surface area contributed by atoms with Gasteiger partial charge in [-0.3, -0.25) is 4.79 Å². The highest BCUT2D eigenvalue weighted by atomic mass is 32.2. The van der Waals surface area contributed by atoms with Crippen LogP contribution in [0, 0.1) is 5.92 Å². The molecule has 0 aromatic heterocycles. The molecule has 1 amide bonds. The van der Waals surface area contributed by atoms with Crippen LogP contribution in [-0.2, 0) is 14.6 Å². The van der Waals surface area contributed by atoms with Gasteiger partial charge in [0.25, 0.3) is 0 Å². The second-order valence-electron chi connectivity index (χ2n) is 4.78. The van der Waals surface area contributed by atoms with Gasteiger partial charge < -0.3 is 15.8 Å². The zero-order chi connectivity index (χ0) is 14.6. The molecule has 0 aliphatic carbocycles. The molecular weight excluding hydrogens is 280 g/mol. The summed E-state index contributed by atoms with van der Waals surface area (Å²) >= 11 is 0. The summed E-state index contributed by atoms with van der Waals surface area (Å²) < 4.78 is 28.0. The number of anilines is 1. The van der Waals surface area contributed by atoms with Crippen LogP contribution in [0.25, 0.3) is 0 Å². The summed E-state index contributed by atoms with van der Waals surface area (Å²) in [6.07, 6.45) is 0.403. The fourth-order valence-corrected chi connectivity index (χ4v) is 3.83. The van der Waals surface area contributed by atoms with Crippen molar-refractivity contribution in [2.24, 2.45) is 5.92 Å². The number of ether oxygens (including phenoxy) is 1. The molecule has 1 fully saturated rings. The molecule has 6 nitrogen and oxygen atoms in total. The number of sulfone groups is 1. The topological polar surface area (TPSA) is 98.5 Å². The average Bonchev–Trinajstić information content (AvgIpc) is 2.77. The van der Waals surface area contributed by atoms with Gasteiger partial charge in [-0.25, -0.2) is 8.42 Å². The van der Waals surface area contributed by atoms with E-state index >= 15 is 0 Å². The molecule has 0 radical (unpaired) electrons. The highest BCUT2D eigenvalue weighted by Gasteiger charge is 2.32. The summed E-state index contributed by atoms with van der Waals surface area (Å²) in [5.74, 6) is -0.0318. The smallest absolute Gasteiger partial charge is 0.224 e. The van der Waals surface area contributed by atoms with Crippen molar-refractivity contribution in [2.45, 2.75) is 6.42 Å². The Balaban J connectivity index is 1.71. The van der Waals surface area contributed by atoms with E-state index in [1.807, 2.05) is 12.1 Å². The minimum atomic E-state index is -3.03. The SMILES string of the molecule is Nc1ccccc1OCCNC(=O)C1CCS(=O)(=O)C1. The lowest BCUT2D eigenvalue weighted by Gasteiger charge is -2.11. The highest BCUT2D eigenvalue weighted by molar-refractivity contribution is 7.91. The number of rotatable bonds is 5. The maximum Gasteiger partial charge on any atom is 0.224 e. The summed E-state index contributed by atoms with van der Waals surface area (Å²) in [5.41, 5.74) is 6.26. The molecular formula is C13H18N2O4S. The van der Waals surface area contributed by atoms with E-state index in [0.717, 1.165) is 0 Å². The first-order chi connectivity index (χ1) is 9.48. The Labute approximate surface area is 118 Å². The van der Waals surface area contributed by atoms with E-state index in [1.54, 1.807) is 12.1 Å². The first kappa shape index (κ1) is 14.6. The predicted octanol–water partition coefficient (Wildman–Crippen LogP) is 0.198. The molecule has 1 aromatic carbocycles. The van der Waals surface area contributed by atoms with Crippen LogP contribution in [0.3, 0.4) is 0 Å².